The maximum Gasteiger partial charge on any atom is 0.134 e. The van der Waals surface area contributed by atoms with E-state index in [9.17, 15) is 0 Å². The van der Waals surface area contributed by atoms with Crippen LogP contribution in [0.3, 0.4) is 0 Å². The molecule has 0 amide bonds. The van der Waals surface area contributed by atoms with Crippen LogP contribution in [0, 0.1) is 6.92 Å². The molecule has 0 unspecified atom stereocenters. The van der Waals surface area contributed by atoms with Crippen molar-refractivity contribution in [1.29, 1.82) is 0 Å². The topological polar surface area (TPSA) is 13.1 Å². The molecule has 0 radical (unpaired) electrons. The average molecular weight is 513 g/mol. The maximum atomic E-state index is 6.38. The Balaban J connectivity index is 1.58. The summed E-state index contributed by atoms with van der Waals surface area (Å²) >= 11 is 0. The minimum absolute atomic E-state index is 0.886. The molecule has 7 aromatic rings. The summed E-state index contributed by atoms with van der Waals surface area (Å²) in [5.74, 6) is 0.897. The molecule has 0 saturated heterocycles. The van der Waals surface area contributed by atoms with Crippen LogP contribution in [-0.4, -0.2) is 0 Å². The fourth-order valence-corrected chi connectivity index (χ4v) is 6.11. The van der Waals surface area contributed by atoms with Gasteiger partial charge in [-0.2, -0.15) is 0 Å². The summed E-state index contributed by atoms with van der Waals surface area (Å²) in [6, 6.07) is 45.2. The number of allylic oxidation sites excluding steroid dienone is 2. The number of hydrogen-bond acceptors (Lipinski definition) is 1. The van der Waals surface area contributed by atoms with Crippen LogP contribution in [-0.2, 0) is 0 Å². The Labute approximate surface area is 234 Å². The van der Waals surface area contributed by atoms with Gasteiger partial charge < -0.3 is 4.42 Å². The van der Waals surface area contributed by atoms with E-state index in [1.165, 1.54) is 49.4 Å². The van der Waals surface area contributed by atoms with Crippen molar-refractivity contribution >= 4 is 38.1 Å². The Hall–Kier alpha value is -5.14. The van der Waals surface area contributed by atoms with Crippen LogP contribution in [0.5, 0.6) is 0 Å². The summed E-state index contributed by atoms with van der Waals surface area (Å²) in [7, 11) is 0. The Morgan fingerprint density at radius 2 is 1.10 bits per heavy atom. The standard InChI is InChI=1S/C39H28O/c1-3-14-34(37-26(2)40-36-24-23-29(25-35(36)37)27-15-6-4-7-16-27)39-32-21-12-10-19-30(32)38(28-17-8-5-9-18-28)31-20-11-13-22-33(31)39/h3-25H,1H2,2H3/b34-14+. The molecular weight excluding hydrogens is 484 g/mol. The van der Waals surface area contributed by atoms with Gasteiger partial charge in [0.15, 0.2) is 0 Å². The molecular formula is C39H28O. The summed E-state index contributed by atoms with van der Waals surface area (Å²) in [5.41, 5.74) is 9.13. The highest BCUT2D eigenvalue weighted by Gasteiger charge is 2.22. The molecule has 0 N–H and O–H groups in total. The van der Waals surface area contributed by atoms with E-state index in [0.717, 1.165) is 27.9 Å². The van der Waals surface area contributed by atoms with E-state index in [1.807, 2.05) is 6.08 Å². The minimum Gasteiger partial charge on any atom is -0.461 e. The predicted molar refractivity (Wildman–Crippen MR) is 171 cm³/mol. The second kappa shape index (κ2) is 9.87. The molecule has 0 fully saturated rings. The van der Waals surface area contributed by atoms with E-state index < -0.39 is 0 Å². The zero-order valence-electron chi connectivity index (χ0n) is 22.4. The van der Waals surface area contributed by atoms with Crippen LogP contribution < -0.4 is 0 Å². The van der Waals surface area contributed by atoms with Gasteiger partial charge in [-0.3, -0.25) is 0 Å². The van der Waals surface area contributed by atoms with Gasteiger partial charge in [-0.25, -0.2) is 0 Å². The second-order valence-corrected chi connectivity index (χ2v) is 10.1. The first-order chi connectivity index (χ1) is 19.7. The third kappa shape index (κ3) is 3.87. The molecule has 0 aliphatic carbocycles. The van der Waals surface area contributed by atoms with Crippen LogP contribution in [0.1, 0.15) is 16.9 Å². The van der Waals surface area contributed by atoms with Gasteiger partial charge in [-0.1, -0.05) is 134 Å². The Morgan fingerprint density at radius 3 is 1.70 bits per heavy atom. The van der Waals surface area contributed by atoms with Crippen LogP contribution in [0.4, 0.5) is 0 Å². The van der Waals surface area contributed by atoms with Gasteiger partial charge in [0.2, 0.25) is 0 Å². The Morgan fingerprint density at radius 1 is 0.550 bits per heavy atom. The first-order valence-electron chi connectivity index (χ1n) is 13.7. The molecule has 0 atom stereocenters. The van der Waals surface area contributed by atoms with E-state index in [1.54, 1.807) is 0 Å². The van der Waals surface area contributed by atoms with E-state index in [4.69, 9.17) is 4.42 Å². The first kappa shape index (κ1) is 23.9. The van der Waals surface area contributed by atoms with Crippen molar-refractivity contribution in [3.8, 4) is 22.3 Å². The summed E-state index contributed by atoms with van der Waals surface area (Å²) in [6.45, 7) is 6.20. The first-order valence-corrected chi connectivity index (χ1v) is 13.7. The highest BCUT2D eigenvalue weighted by molar-refractivity contribution is 6.21. The molecule has 0 bridgehead atoms. The number of fused-ring (bicyclic) bond motifs is 3. The van der Waals surface area contributed by atoms with Gasteiger partial charge >= 0.3 is 0 Å². The summed E-state index contributed by atoms with van der Waals surface area (Å²) < 4.78 is 6.38. The van der Waals surface area contributed by atoms with E-state index in [0.29, 0.717) is 0 Å². The molecule has 1 nitrogen and oxygen atoms in total. The number of furan rings is 1. The van der Waals surface area contributed by atoms with E-state index in [2.05, 4.69) is 147 Å². The lowest BCUT2D eigenvalue weighted by Crippen LogP contribution is -1.96. The van der Waals surface area contributed by atoms with Gasteiger partial charge in [0.05, 0.1) is 0 Å². The molecule has 1 heteroatoms. The van der Waals surface area contributed by atoms with Crippen molar-refractivity contribution in [1.82, 2.24) is 0 Å². The SMILES string of the molecule is C=C/C=C(\c1c(C)oc2ccc(-c3ccccc3)cc12)c1c2ccccc2c(-c2ccccc2)c2ccccc12. The average Bonchev–Trinajstić information content (AvgIpc) is 3.34. The molecule has 0 aliphatic rings. The van der Waals surface area contributed by atoms with Gasteiger partial charge in [0.25, 0.3) is 0 Å². The molecule has 6 aromatic carbocycles. The Bertz CT molecular complexity index is 2000. The Kier molecular flexibility index (Phi) is 5.91. The highest BCUT2D eigenvalue weighted by atomic mass is 16.3. The largest absolute Gasteiger partial charge is 0.461 e. The summed E-state index contributed by atoms with van der Waals surface area (Å²) in [6.07, 6.45) is 4.03. The quantitative estimate of drug-likeness (QED) is 0.165. The zero-order chi connectivity index (χ0) is 27.1. The van der Waals surface area contributed by atoms with Gasteiger partial charge in [-0.05, 0) is 74.0 Å². The number of benzene rings is 6. The molecule has 7 rings (SSSR count). The third-order valence-corrected chi connectivity index (χ3v) is 7.79. The lowest BCUT2D eigenvalue weighted by Gasteiger charge is -2.19. The van der Waals surface area contributed by atoms with Crippen LogP contribution >= 0.6 is 0 Å². The minimum atomic E-state index is 0.886. The van der Waals surface area contributed by atoms with Crippen molar-refractivity contribution in [3.63, 3.8) is 0 Å². The van der Waals surface area contributed by atoms with E-state index in [-0.39, 0.29) is 0 Å². The fourth-order valence-electron chi connectivity index (χ4n) is 6.11. The number of rotatable bonds is 5. The van der Waals surface area contributed by atoms with Crippen LogP contribution in [0.2, 0.25) is 0 Å². The smallest absolute Gasteiger partial charge is 0.134 e. The molecule has 190 valence electrons. The van der Waals surface area contributed by atoms with Gasteiger partial charge in [0.1, 0.15) is 11.3 Å². The third-order valence-electron chi connectivity index (χ3n) is 7.79. The van der Waals surface area contributed by atoms with Crippen molar-refractivity contribution < 1.29 is 4.42 Å². The molecule has 0 spiro atoms. The molecule has 1 heterocycles. The van der Waals surface area contributed by atoms with Crippen molar-refractivity contribution in [3.05, 3.63) is 163 Å². The van der Waals surface area contributed by atoms with Crippen molar-refractivity contribution in [2.24, 2.45) is 0 Å². The lowest BCUT2D eigenvalue weighted by atomic mass is 9.83. The molecule has 0 saturated carbocycles. The zero-order valence-corrected chi connectivity index (χ0v) is 22.4. The monoisotopic (exact) mass is 512 g/mol. The number of aryl methyl sites for hydroxylation is 1. The van der Waals surface area contributed by atoms with Crippen molar-refractivity contribution in [2.45, 2.75) is 6.92 Å². The van der Waals surface area contributed by atoms with Gasteiger partial charge in [-0.15, -0.1) is 0 Å². The van der Waals surface area contributed by atoms with Crippen LogP contribution in [0.25, 0.3) is 60.3 Å². The maximum absolute atomic E-state index is 6.38. The van der Waals surface area contributed by atoms with Crippen LogP contribution in [0.15, 0.2) is 151 Å². The summed E-state index contributed by atoms with van der Waals surface area (Å²) in [5, 5.41) is 5.98. The van der Waals surface area contributed by atoms with Crippen molar-refractivity contribution in [2.75, 3.05) is 0 Å². The molecule has 1 aromatic heterocycles. The van der Waals surface area contributed by atoms with E-state index >= 15 is 0 Å². The second-order valence-electron chi connectivity index (χ2n) is 10.1. The normalized spacial score (nSPS) is 11.9. The highest BCUT2D eigenvalue weighted by Crippen LogP contribution is 2.45. The lowest BCUT2D eigenvalue weighted by molar-refractivity contribution is 0.577. The van der Waals surface area contributed by atoms with Gasteiger partial charge in [0, 0.05) is 10.9 Å². The predicted octanol–water partition coefficient (Wildman–Crippen LogP) is 11.0. The molecule has 40 heavy (non-hydrogen) atoms. The summed E-state index contributed by atoms with van der Waals surface area (Å²) in [4.78, 5) is 0. The number of hydrogen-bond donors (Lipinski definition) is 0. The molecule has 0 aliphatic heterocycles. The fraction of sp³-hybridized carbons (Fsp3) is 0.0256.